The summed E-state index contributed by atoms with van der Waals surface area (Å²) in [5.41, 5.74) is 7.52. The van der Waals surface area contributed by atoms with Crippen molar-refractivity contribution in [2.45, 2.75) is 18.5 Å². The second kappa shape index (κ2) is 11.6. The molecule has 0 atom stereocenters. The number of halogens is 1. The van der Waals surface area contributed by atoms with Crippen LogP contribution in [0.2, 0.25) is 5.02 Å². The van der Waals surface area contributed by atoms with E-state index in [1.165, 1.54) is 0 Å². The molecule has 0 aliphatic rings. The quantitative estimate of drug-likeness (QED) is 0.116. The third kappa shape index (κ3) is 6.19. The van der Waals surface area contributed by atoms with Gasteiger partial charge in [-0.25, -0.2) is 0 Å². The van der Waals surface area contributed by atoms with Crippen LogP contribution >= 0.6 is 23.4 Å². The van der Waals surface area contributed by atoms with E-state index in [1.807, 2.05) is 55.5 Å². The Balaban J connectivity index is 1.60. The molecule has 1 aromatic heterocycles. The van der Waals surface area contributed by atoms with Gasteiger partial charge in [-0.2, -0.15) is 4.57 Å². The number of hydrogen-bond acceptors (Lipinski definition) is 2. The van der Waals surface area contributed by atoms with Crippen molar-refractivity contribution in [3.63, 3.8) is 0 Å². The summed E-state index contributed by atoms with van der Waals surface area (Å²) in [4.78, 5) is 13.1. The molecule has 0 spiro atoms. The van der Waals surface area contributed by atoms with Crippen molar-refractivity contribution in [3.8, 4) is 22.4 Å². The molecule has 4 heteroatoms. The summed E-state index contributed by atoms with van der Waals surface area (Å²) in [6, 6.07) is 41.0. The maximum Gasteiger partial charge on any atom is 0.241 e. The van der Waals surface area contributed by atoms with Gasteiger partial charge >= 0.3 is 0 Å². The molecule has 0 bridgehead atoms. The van der Waals surface area contributed by atoms with Crippen LogP contribution in [-0.4, -0.2) is 11.5 Å². The number of Topliss-reactive ketones (excluding diaryl/α,β-unsaturated/α-hetero) is 1. The second-order valence-corrected chi connectivity index (χ2v) is 10.4. The highest BCUT2D eigenvalue weighted by atomic mass is 35.5. The predicted molar refractivity (Wildman–Crippen MR) is 154 cm³/mol. The number of benzene rings is 4. The normalized spacial score (nSPS) is 10.9. The molecule has 0 radical (unpaired) electrons. The lowest BCUT2D eigenvalue weighted by molar-refractivity contribution is -0.714. The number of rotatable bonds is 8. The largest absolute Gasteiger partial charge is 0.293 e. The van der Waals surface area contributed by atoms with Gasteiger partial charge in [0.05, 0.1) is 5.75 Å². The van der Waals surface area contributed by atoms with Crippen LogP contribution in [0.25, 0.3) is 22.4 Å². The van der Waals surface area contributed by atoms with E-state index in [0.717, 1.165) is 49.1 Å². The zero-order valence-electron chi connectivity index (χ0n) is 20.6. The summed E-state index contributed by atoms with van der Waals surface area (Å²) in [6.07, 6.45) is 0. The zero-order valence-corrected chi connectivity index (χ0v) is 22.2. The first-order chi connectivity index (χ1) is 18.1. The van der Waals surface area contributed by atoms with Crippen molar-refractivity contribution in [2.75, 3.05) is 5.75 Å². The summed E-state index contributed by atoms with van der Waals surface area (Å²) in [5, 5.41) is 1.75. The Kier molecular flexibility index (Phi) is 7.84. The van der Waals surface area contributed by atoms with Gasteiger partial charge in [-0.3, -0.25) is 4.79 Å². The van der Waals surface area contributed by atoms with Gasteiger partial charge in [0.2, 0.25) is 10.7 Å². The average Bonchev–Trinajstić information content (AvgIpc) is 2.94. The van der Waals surface area contributed by atoms with Crippen LogP contribution < -0.4 is 4.57 Å². The lowest BCUT2D eigenvalue weighted by Crippen LogP contribution is -2.39. The number of carbonyl (C=O) groups excluding carboxylic acids is 1. The van der Waals surface area contributed by atoms with Crippen molar-refractivity contribution < 1.29 is 9.36 Å². The van der Waals surface area contributed by atoms with Crippen LogP contribution in [-0.2, 0) is 6.54 Å². The summed E-state index contributed by atoms with van der Waals surface area (Å²) < 4.78 is 2.30. The number of hydrogen-bond donors (Lipinski definition) is 0. The first kappa shape index (κ1) is 25.0. The number of nitrogens with zero attached hydrogens (tertiary/aromatic N) is 1. The van der Waals surface area contributed by atoms with Gasteiger partial charge in [0.1, 0.15) is 0 Å². The van der Waals surface area contributed by atoms with Crippen LogP contribution in [0.3, 0.4) is 0 Å². The Labute approximate surface area is 227 Å². The van der Waals surface area contributed by atoms with Gasteiger partial charge in [0, 0.05) is 33.8 Å². The molecule has 0 aliphatic carbocycles. The standard InChI is InChI=1S/C33H27ClNOS/c1-24-12-16-28(17-13-24)32(36)23-37-33-21-29(26-8-4-2-5-9-26)20-31(27-10-6-3-7-11-27)35(33)22-25-14-18-30(34)19-15-25/h2-21H,22-23H2,1H3/q+1. The highest BCUT2D eigenvalue weighted by Gasteiger charge is 2.23. The summed E-state index contributed by atoms with van der Waals surface area (Å²) in [7, 11) is 0. The molecule has 0 saturated heterocycles. The molecule has 5 rings (SSSR count). The lowest BCUT2D eigenvalue weighted by atomic mass is 10.0. The molecule has 0 fully saturated rings. The second-order valence-electron chi connectivity index (χ2n) is 8.99. The topological polar surface area (TPSA) is 20.9 Å². The fourth-order valence-electron chi connectivity index (χ4n) is 4.26. The summed E-state index contributed by atoms with van der Waals surface area (Å²) >= 11 is 7.75. The minimum atomic E-state index is 0.120. The van der Waals surface area contributed by atoms with E-state index < -0.39 is 0 Å². The molecule has 4 aromatic carbocycles. The number of carbonyl (C=O) groups is 1. The van der Waals surface area contributed by atoms with Crippen LogP contribution in [0.4, 0.5) is 0 Å². The molecule has 0 unspecified atom stereocenters. The first-order valence-electron chi connectivity index (χ1n) is 12.2. The third-order valence-electron chi connectivity index (χ3n) is 6.28. The van der Waals surface area contributed by atoms with Gasteiger partial charge in [-0.1, -0.05) is 102 Å². The minimum absolute atomic E-state index is 0.120. The molecular formula is C33H27ClNOS+. The fourth-order valence-corrected chi connectivity index (χ4v) is 5.36. The van der Waals surface area contributed by atoms with Gasteiger partial charge in [-0.05, 0) is 54.1 Å². The zero-order chi connectivity index (χ0) is 25.6. The van der Waals surface area contributed by atoms with E-state index in [-0.39, 0.29) is 5.78 Å². The van der Waals surface area contributed by atoms with Crippen molar-refractivity contribution >= 4 is 29.1 Å². The highest BCUT2D eigenvalue weighted by molar-refractivity contribution is 7.99. The molecule has 37 heavy (non-hydrogen) atoms. The molecule has 0 saturated carbocycles. The van der Waals surface area contributed by atoms with Gasteiger partial charge in [0.25, 0.3) is 0 Å². The number of ketones is 1. The van der Waals surface area contributed by atoms with Crippen LogP contribution in [0, 0.1) is 6.92 Å². The van der Waals surface area contributed by atoms with Gasteiger partial charge in [0.15, 0.2) is 12.3 Å². The average molecular weight is 521 g/mol. The highest BCUT2D eigenvalue weighted by Crippen LogP contribution is 2.29. The SMILES string of the molecule is Cc1ccc(C(=O)CSc2cc(-c3ccccc3)cc(-c3ccccc3)[n+]2Cc2ccc(Cl)cc2)cc1. The smallest absolute Gasteiger partial charge is 0.241 e. The predicted octanol–water partition coefficient (Wildman–Crippen LogP) is 8.29. The summed E-state index contributed by atoms with van der Waals surface area (Å²) in [6.45, 7) is 2.69. The van der Waals surface area contributed by atoms with Gasteiger partial charge in [-0.15, -0.1) is 0 Å². The monoisotopic (exact) mass is 520 g/mol. The Morgan fingerprint density at radius 3 is 2.00 bits per heavy atom. The maximum absolute atomic E-state index is 13.1. The van der Waals surface area contributed by atoms with Crippen LogP contribution in [0.15, 0.2) is 126 Å². The Morgan fingerprint density at radius 1 is 0.730 bits per heavy atom. The molecule has 1 heterocycles. The van der Waals surface area contributed by atoms with Crippen LogP contribution in [0.1, 0.15) is 21.5 Å². The van der Waals surface area contributed by atoms with Crippen molar-refractivity contribution in [2.24, 2.45) is 0 Å². The van der Waals surface area contributed by atoms with E-state index >= 15 is 0 Å². The first-order valence-corrected chi connectivity index (χ1v) is 13.6. The van der Waals surface area contributed by atoms with E-state index in [4.69, 9.17) is 11.6 Å². The van der Waals surface area contributed by atoms with Crippen molar-refractivity contribution in [3.05, 3.63) is 143 Å². The lowest BCUT2D eigenvalue weighted by Gasteiger charge is -2.12. The van der Waals surface area contributed by atoms with Crippen molar-refractivity contribution in [1.82, 2.24) is 0 Å². The third-order valence-corrected chi connectivity index (χ3v) is 7.58. The van der Waals surface area contributed by atoms with E-state index in [1.54, 1.807) is 11.8 Å². The number of aromatic nitrogens is 1. The Morgan fingerprint density at radius 2 is 1.35 bits per heavy atom. The number of aryl methyl sites for hydroxylation is 1. The molecule has 5 aromatic rings. The van der Waals surface area contributed by atoms with E-state index in [2.05, 4.69) is 77.4 Å². The van der Waals surface area contributed by atoms with Crippen LogP contribution in [0.5, 0.6) is 0 Å². The van der Waals surface area contributed by atoms with Gasteiger partial charge < -0.3 is 0 Å². The Bertz CT molecular complexity index is 1500. The molecule has 0 amide bonds. The fraction of sp³-hybridized carbons (Fsp3) is 0.0909. The molecule has 0 aliphatic heterocycles. The number of thioether (sulfide) groups is 1. The van der Waals surface area contributed by atoms with Crippen molar-refractivity contribution in [1.29, 1.82) is 0 Å². The van der Waals surface area contributed by atoms with E-state index in [0.29, 0.717) is 12.3 Å². The molecule has 0 N–H and O–H groups in total. The maximum atomic E-state index is 13.1. The minimum Gasteiger partial charge on any atom is -0.293 e. The number of pyridine rings is 1. The molecule has 2 nitrogen and oxygen atoms in total. The molecular weight excluding hydrogens is 494 g/mol. The Hall–Kier alpha value is -3.66. The molecule has 182 valence electrons. The van der Waals surface area contributed by atoms with E-state index in [9.17, 15) is 4.79 Å². The summed E-state index contributed by atoms with van der Waals surface area (Å²) in [5.74, 6) is 0.477.